The minimum atomic E-state index is 0.112. The van der Waals surface area contributed by atoms with E-state index in [4.69, 9.17) is 9.73 Å². The number of aliphatic imine (C=N–C) groups is 1. The molecule has 0 aliphatic carbocycles. The first-order valence-electron chi connectivity index (χ1n) is 11.8. The zero-order valence-electron chi connectivity index (χ0n) is 19.1. The molecule has 0 saturated carbocycles. The van der Waals surface area contributed by atoms with E-state index in [-0.39, 0.29) is 12.1 Å². The van der Waals surface area contributed by atoms with E-state index in [2.05, 4.69) is 81.7 Å². The third-order valence-electron chi connectivity index (χ3n) is 6.03. The fourth-order valence-electron chi connectivity index (χ4n) is 4.24. The van der Waals surface area contributed by atoms with Gasteiger partial charge >= 0.3 is 0 Å². The molecule has 3 aromatic rings. The zero-order chi connectivity index (χ0) is 22.2. The summed E-state index contributed by atoms with van der Waals surface area (Å²) in [5.74, 6) is 1.81. The number of aromatic nitrogens is 3. The third-order valence-corrected chi connectivity index (χ3v) is 6.03. The Morgan fingerprint density at radius 2 is 2.09 bits per heavy atom. The van der Waals surface area contributed by atoms with Crippen molar-refractivity contribution in [3.8, 4) is 0 Å². The van der Waals surface area contributed by atoms with Crippen molar-refractivity contribution in [1.82, 2.24) is 25.4 Å². The van der Waals surface area contributed by atoms with Crippen LogP contribution in [0.2, 0.25) is 0 Å². The first-order chi connectivity index (χ1) is 15.7. The Labute approximate surface area is 190 Å². The minimum Gasteiger partial charge on any atom is -0.376 e. The van der Waals surface area contributed by atoms with Crippen LogP contribution in [0.3, 0.4) is 0 Å². The van der Waals surface area contributed by atoms with E-state index in [1.54, 1.807) is 6.33 Å². The molecule has 1 aromatic heterocycles. The molecule has 170 valence electrons. The van der Waals surface area contributed by atoms with Crippen LogP contribution >= 0.6 is 0 Å². The van der Waals surface area contributed by atoms with Gasteiger partial charge in [0, 0.05) is 26.1 Å². The van der Waals surface area contributed by atoms with Crippen LogP contribution in [0.5, 0.6) is 0 Å². The number of hydrogen-bond donors (Lipinski definition) is 2. The van der Waals surface area contributed by atoms with E-state index in [1.165, 1.54) is 22.8 Å². The fourth-order valence-corrected chi connectivity index (χ4v) is 4.24. The van der Waals surface area contributed by atoms with Gasteiger partial charge in [-0.05, 0) is 42.5 Å². The van der Waals surface area contributed by atoms with Crippen LogP contribution in [-0.4, -0.2) is 46.5 Å². The van der Waals surface area contributed by atoms with Crippen molar-refractivity contribution >= 4 is 16.7 Å². The Balaban J connectivity index is 1.45. The molecule has 1 saturated heterocycles. The summed E-state index contributed by atoms with van der Waals surface area (Å²) in [6, 6.07) is 15.1. The summed E-state index contributed by atoms with van der Waals surface area (Å²) in [5.41, 5.74) is 1.26. The van der Waals surface area contributed by atoms with Crippen molar-refractivity contribution in [3.05, 3.63) is 60.2 Å². The van der Waals surface area contributed by atoms with Gasteiger partial charge in [0.2, 0.25) is 0 Å². The van der Waals surface area contributed by atoms with Crippen LogP contribution in [0.25, 0.3) is 10.8 Å². The molecule has 2 heterocycles. The molecule has 4 rings (SSSR count). The minimum absolute atomic E-state index is 0.112. The van der Waals surface area contributed by atoms with Crippen LogP contribution in [0.4, 0.5) is 0 Å². The average Bonchev–Trinajstić information content (AvgIpc) is 3.30. The Morgan fingerprint density at radius 1 is 1.22 bits per heavy atom. The summed E-state index contributed by atoms with van der Waals surface area (Å²) in [4.78, 5) is 4.88. The van der Waals surface area contributed by atoms with Crippen molar-refractivity contribution in [2.75, 3.05) is 19.7 Å². The van der Waals surface area contributed by atoms with Gasteiger partial charge in [0.1, 0.15) is 12.2 Å². The summed E-state index contributed by atoms with van der Waals surface area (Å²) < 4.78 is 7.97. The molecule has 0 radical (unpaired) electrons. The molecule has 1 aliphatic rings. The molecule has 32 heavy (non-hydrogen) atoms. The maximum atomic E-state index is 5.89. The normalized spacial score (nSPS) is 17.9. The SMILES string of the molecule is CCc1nncn1CCNC(=NCC1CCCCO1)NC(C)c1cccc2ccccc12. The third kappa shape index (κ3) is 5.65. The molecule has 0 bridgehead atoms. The van der Waals surface area contributed by atoms with E-state index >= 15 is 0 Å². The van der Waals surface area contributed by atoms with Crippen molar-refractivity contribution in [3.63, 3.8) is 0 Å². The summed E-state index contributed by atoms with van der Waals surface area (Å²) in [7, 11) is 0. The Hall–Kier alpha value is -2.93. The maximum Gasteiger partial charge on any atom is 0.191 e. The highest BCUT2D eigenvalue weighted by atomic mass is 16.5. The second kappa shape index (κ2) is 11.1. The number of aryl methyl sites for hydroxylation is 1. The standard InChI is InChI=1S/C25H34N6O/c1-3-24-30-28-18-31(24)15-14-26-25(27-17-21-11-6-7-16-32-21)29-19(2)22-13-8-10-20-9-4-5-12-23(20)22/h4-5,8-10,12-13,18-19,21H,3,6-7,11,14-17H2,1-2H3,(H2,26,27,29). The van der Waals surface area contributed by atoms with Crippen LogP contribution in [0.1, 0.15) is 50.5 Å². The largest absolute Gasteiger partial charge is 0.376 e. The molecule has 1 aliphatic heterocycles. The van der Waals surface area contributed by atoms with Crippen LogP contribution in [0.15, 0.2) is 53.8 Å². The molecule has 1 fully saturated rings. The molecule has 2 N–H and O–H groups in total. The first-order valence-corrected chi connectivity index (χ1v) is 11.8. The number of nitrogens with one attached hydrogen (secondary N) is 2. The van der Waals surface area contributed by atoms with Gasteiger partial charge in [0.15, 0.2) is 5.96 Å². The van der Waals surface area contributed by atoms with E-state index in [0.717, 1.165) is 50.7 Å². The van der Waals surface area contributed by atoms with Gasteiger partial charge in [-0.15, -0.1) is 10.2 Å². The number of fused-ring (bicyclic) bond motifs is 1. The highest BCUT2D eigenvalue weighted by Crippen LogP contribution is 2.24. The molecule has 2 unspecified atom stereocenters. The second-order valence-electron chi connectivity index (χ2n) is 8.33. The van der Waals surface area contributed by atoms with Crippen molar-refractivity contribution in [2.45, 2.75) is 58.2 Å². The molecule has 2 atom stereocenters. The quantitative estimate of drug-likeness (QED) is 0.416. The van der Waals surface area contributed by atoms with Crippen molar-refractivity contribution < 1.29 is 4.74 Å². The molecule has 2 aromatic carbocycles. The monoisotopic (exact) mass is 434 g/mol. The summed E-state index contributed by atoms with van der Waals surface area (Å²) in [6.45, 7) is 7.33. The Morgan fingerprint density at radius 3 is 2.94 bits per heavy atom. The van der Waals surface area contributed by atoms with Crippen molar-refractivity contribution in [2.24, 2.45) is 4.99 Å². The highest BCUT2D eigenvalue weighted by molar-refractivity contribution is 5.87. The number of benzene rings is 2. The molecule has 7 nitrogen and oxygen atoms in total. The predicted molar refractivity (Wildman–Crippen MR) is 129 cm³/mol. The summed E-state index contributed by atoms with van der Waals surface area (Å²) in [5, 5.41) is 17.8. The lowest BCUT2D eigenvalue weighted by atomic mass is 10.00. The van der Waals surface area contributed by atoms with Gasteiger partial charge in [0.25, 0.3) is 0 Å². The highest BCUT2D eigenvalue weighted by Gasteiger charge is 2.15. The van der Waals surface area contributed by atoms with Gasteiger partial charge < -0.3 is 19.9 Å². The van der Waals surface area contributed by atoms with Crippen LogP contribution < -0.4 is 10.6 Å². The van der Waals surface area contributed by atoms with Gasteiger partial charge in [-0.2, -0.15) is 0 Å². The maximum absolute atomic E-state index is 5.89. The van der Waals surface area contributed by atoms with E-state index in [1.807, 2.05) is 0 Å². The number of guanidine groups is 1. The molecular weight excluding hydrogens is 400 g/mol. The number of rotatable bonds is 8. The molecule has 0 spiro atoms. The Bertz CT molecular complexity index is 1020. The van der Waals surface area contributed by atoms with Crippen LogP contribution in [0, 0.1) is 0 Å². The van der Waals surface area contributed by atoms with Gasteiger partial charge in [-0.25, -0.2) is 0 Å². The predicted octanol–water partition coefficient (Wildman–Crippen LogP) is 3.86. The van der Waals surface area contributed by atoms with Gasteiger partial charge in [-0.1, -0.05) is 49.4 Å². The topological polar surface area (TPSA) is 76.4 Å². The molecular formula is C25H34N6O. The van der Waals surface area contributed by atoms with Crippen LogP contribution in [-0.2, 0) is 17.7 Å². The Kier molecular flexibility index (Phi) is 7.72. The van der Waals surface area contributed by atoms with E-state index < -0.39 is 0 Å². The van der Waals surface area contributed by atoms with Gasteiger partial charge in [-0.3, -0.25) is 4.99 Å². The summed E-state index contributed by atoms with van der Waals surface area (Å²) >= 11 is 0. The molecule has 7 heteroatoms. The fraction of sp³-hybridized carbons (Fsp3) is 0.480. The first kappa shape index (κ1) is 22.3. The second-order valence-corrected chi connectivity index (χ2v) is 8.33. The average molecular weight is 435 g/mol. The summed E-state index contributed by atoms with van der Waals surface area (Å²) in [6.07, 6.45) is 6.32. The number of hydrogen-bond acceptors (Lipinski definition) is 4. The smallest absolute Gasteiger partial charge is 0.191 e. The van der Waals surface area contributed by atoms with Gasteiger partial charge in [0.05, 0.1) is 18.7 Å². The number of ether oxygens (including phenoxy) is 1. The lowest BCUT2D eigenvalue weighted by Crippen LogP contribution is -2.41. The lowest BCUT2D eigenvalue weighted by molar-refractivity contribution is 0.0224. The van der Waals surface area contributed by atoms with E-state index in [0.29, 0.717) is 6.54 Å². The molecule has 0 amide bonds. The van der Waals surface area contributed by atoms with E-state index in [9.17, 15) is 0 Å². The lowest BCUT2D eigenvalue weighted by Gasteiger charge is -2.23. The zero-order valence-corrected chi connectivity index (χ0v) is 19.1. The number of nitrogens with zero attached hydrogens (tertiary/aromatic N) is 4. The van der Waals surface area contributed by atoms with Crippen molar-refractivity contribution in [1.29, 1.82) is 0 Å².